The molecule has 1 aromatic rings. The van der Waals surface area contributed by atoms with Crippen LogP contribution in [0.4, 0.5) is 0 Å². The zero-order valence-electron chi connectivity index (χ0n) is 11.0. The number of hydrogen-bond donors (Lipinski definition) is 1. The zero-order valence-corrected chi connectivity index (χ0v) is 13.2. The first-order valence-electron chi connectivity index (χ1n) is 6.68. The summed E-state index contributed by atoms with van der Waals surface area (Å²) in [6.07, 6.45) is 0.277. The molecule has 2 aliphatic heterocycles. The fourth-order valence-electron chi connectivity index (χ4n) is 2.87. The maximum Gasteiger partial charge on any atom is 0.125 e. The number of rotatable bonds is 1. The van der Waals surface area contributed by atoms with Gasteiger partial charge in [0.2, 0.25) is 0 Å². The Balaban J connectivity index is 1.81. The lowest BCUT2D eigenvalue weighted by atomic mass is 9.95. The Kier molecular flexibility index (Phi) is 3.98. The Labute approximate surface area is 127 Å². The summed E-state index contributed by atoms with van der Waals surface area (Å²) in [4.78, 5) is 2.40. The van der Waals surface area contributed by atoms with Crippen molar-refractivity contribution in [2.75, 3.05) is 26.3 Å². The van der Waals surface area contributed by atoms with Gasteiger partial charge in [-0.2, -0.15) is 0 Å². The zero-order chi connectivity index (χ0) is 13.4. The maximum atomic E-state index is 6.45. The van der Waals surface area contributed by atoms with Gasteiger partial charge in [-0.1, -0.05) is 6.07 Å². The van der Waals surface area contributed by atoms with Crippen LogP contribution in [0.5, 0.6) is 5.75 Å². The molecular weight excluding hydrogens is 355 g/mol. The number of nitrogens with two attached hydrogens (primary N) is 1. The van der Waals surface area contributed by atoms with E-state index in [4.69, 9.17) is 15.2 Å². The molecule has 1 unspecified atom stereocenters. The van der Waals surface area contributed by atoms with Crippen LogP contribution < -0.4 is 10.5 Å². The number of ether oxygens (including phenoxy) is 2. The minimum Gasteiger partial charge on any atom is -0.491 e. The molecule has 0 radical (unpaired) electrons. The van der Waals surface area contributed by atoms with Gasteiger partial charge in [0.15, 0.2) is 0 Å². The van der Waals surface area contributed by atoms with E-state index in [0.717, 1.165) is 31.0 Å². The minimum absolute atomic E-state index is 0.0195. The molecule has 0 aromatic heterocycles. The van der Waals surface area contributed by atoms with E-state index < -0.39 is 0 Å². The van der Waals surface area contributed by atoms with Crippen LogP contribution in [0, 0.1) is 3.57 Å². The summed E-state index contributed by atoms with van der Waals surface area (Å²) in [6, 6.07) is 6.52. The highest BCUT2D eigenvalue weighted by atomic mass is 127. The lowest BCUT2D eigenvalue weighted by Crippen LogP contribution is -2.54. The summed E-state index contributed by atoms with van der Waals surface area (Å²) in [7, 11) is 0. The topological polar surface area (TPSA) is 47.7 Å². The van der Waals surface area contributed by atoms with Crippen LogP contribution in [0.25, 0.3) is 0 Å². The average molecular weight is 374 g/mol. The third kappa shape index (κ3) is 2.74. The normalized spacial score (nSPS) is 31.6. The molecule has 1 saturated heterocycles. The highest BCUT2D eigenvalue weighted by molar-refractivity contribution is 14.1. The van der Waals surface area contributed by atoms with E-state index in [-0.39, 0.29) is 18.2 Å². The highest BCUT2D eigenvalue weighted by Gasteiger charge is 2.34. The highest BCUT2D eigenvalue weighted by Crippen LogP contribution is 2.34. The van der Waals surface area contributed by atoms with Crippen molar-refractivity contribution in [3.8, 4) is 5.75 Å². The molecule has 3 atom stereocenters. The fraction of sp³-hybridized carbons (Fsp3) is 0.571. The number of hydrogen-bond acceptors (Lipinski definition) is 4. The van der Waals surface area contributed by atoms with Gasteiger partial charge in [0.25, 0.3) is 0 Å². The molecule has 104 valence electrons. The molecule has 5 heteroatoms. The Morgan fingerprint density at radius 1 is 1.42 bits per heavy atom. The van der Waals surface area contributed by atoms with Crippen molar-refractivity contribution in [2.24, 2.45) is 5.73 Å². The molecule has 2 aliphatic rings. The molecule has 0 aliphatic carbocycles. The van der Waals surface area contributed by atoms with Gasteiger partial charge in [-0.25, -0.2) is 0 Å². The van der Waals surface area contributed by atoms with Gasteiger partial charge >= 0.3 is 0 Å². The van der Waals surface area contributed by atoms with E-state index in [2.05, 4.69) is 52.6 Å². The molecule has 2 heterocycles. The van der Waals surface area contributed by atoms with Crippen LogP contribution in [-0.4, -0.2) is 43.3 Å². The summed E-state index contributed by atoms with van der Waals surface area (Å²) in [5, 5.41) is 0. The van der Waals surface area contributed by atoms with Gasteiger partial charge in [-0.15, -0.1) is 0 Å². The molecule has 1 aromatic carbocycles. The summed E-state index contributed by atoms with van der Waals surface area (Å²) in [6.45, 7) is 5.43. The average Bonchev–Trinajstić information content (AvgIpc) is 2.39. The molecule has 0 amide bonds. The summed E-state index contributed by atoms with van der Waals surface area (Å²) in [5.74, 6) is 0.942. The number of fused-ring (bicyclic) bond motifs is 1. The molecule has 0 bridgehead atoms. The van der Waals surface area contributed by atoms with Crippen LogP contribution in [0.15, 0.2) is 18.2 Å². The smallest absolute Gasteiger partial charge is 0.125 e. The second-order valence-corrected chi connectivity index (χ2v) is 6.51. The van der Waals surface area contributed by atoms with Crippen molar-refractivity contribution in [3.05, 3.63) is 27.3 Å². The third-order valence-corrected chi connectivity index (χ3v) is 4.57. The molecule has 4 nitrogen and oxygen atoms in total. The maximum absolute atomic E-state index is 6.45. The largest absolute Gasteiger partial charge is 0.491 e. The second kappa shape index (κ2) is 5.55. The Hall–Kier alpha value is -0.370. The first-order valence-corrected chi connectivity index (χ1v) is 7.76. The Morgan fingerprint density at radius 2 is 2.26 bits per heavy atom. The Bertz CT molecular complexity index is 469. The van der Waals surface area contributed by atoms with Crippen molar-refractivity contribution in [2.45, 2.75) is 25.1 Å². The summed E-state index contributed by atoms with van der Waals surface area (Å²) < 4.78 is 12.7. The SMILES string of the molecule is CC1CN([C@H]2COc3cc(I)ccc3[C@@H]2N)CCO1. The molecular formula is C14H19IN2O2. The number of nitrogens with zero attached hydrogens (tertiary/aromatic N) is 1. The standard InChI is InChI=1S/C14H19IN2O2/c1-9-7-17(4-5-18-9)12-8-19-13-6-10(15)2-3-11(13)14(12)16/h2-3,6,9,12,14H,4-5,7-8,16H2,1H3/t9?,12-,14-/m0/s1. The van der Waals surface area contributed by atoms with Crippen molar-refractivity contribution < 1.29 is 9.47 Å². The number of benzene rings is 1. The van der Waals surface area contributed by atoms with Gasteiger partial charge in [0.05, 0.1) is 24.8 Å². The molecule has 2 N–H and O–H groups in total. The quantitative estimate of drug-likeness (QED) is 0.762. The van der Waals surface area contributed by atoms with E-state index in [9.17, 15) is 0 Å². The van der Waals surface area contributed by atoms with Gasteiger partial charge in [0, 0.05) is 22.2 Å². The second-order valence-electron chi connectivity index (χ2n) is 5.26. The lowest BCUT2D eigenvalue weighted by Gasteiger charge is -2.42. The van der Waals surface area contributed by atoms with E-state index in [1.807, 2.05) is 0 Å². The molecule has 1 fully saturated rings. The number of morpholine rings is 1. The van der Waals surface area contributed by atoms with Crippen molar-refractivity contribution in [1.82, 2.24) is 4.90 Å². The monoisotopic (exact) mass is 374 g/mol. The van der Waals surface area contributed by atoms with Crippen LogP contribution in [-0.2, 0) is 4.74 Å². The van der Waals surface area contributed by atoms with Gasteiger partial charge < -0.3 is 15.2 Å². The van der Waals surface area contributed by atoms with E-state index in [0.29, 0.717) is 6.61 Å². The Morgan fingerprint density at radius 3 is 3.05 bits per heavy atom. The predicted octanol–water partition coefficient (Wildman–Crippen LogP) is 1.77. The molecule has 0 saturated carbocycles. The first kappa shape index (κ1) is 13.6. The van der Waals surface area contributed by atoms with Crippen molar-refractivity contribution in [3.63, 3.8) is 0 Å². The van der Waals surface area contributed by atoms with Crippen molar-refractivity contribution >= 4 is 22.6 Å². The summed E-state index contributed by atoms with van der Waals surface area (Å²) >= 11 is 2.30. The van der Waals surface area contributed by atoms with Gasteiger partial charge in [0.1, 0.15) is 12.4 Å². The summed E-state index contributed by atoms with van der Waals surface area (Å²) in [5.41, 5.74) is 7.57. The van der Waals surface area contributed by atoms with Crippen LogP contribution in [0.1, 0.15) is 18.5 Å². The number of halogens is 1. The van der Waals surface area contributed by atoms with E-state index in [1.54, 1.807) is 0 Å². The minimum atomic E-state index is 0.0195. The molecule has 19 heavy (non-hydrogen) atoms. The van der Waals surface area contributed by atoms with Crippen LogP contribution in [0.3, 0.4) is 0 Å². The first-order chi connectivity index (χ1) is 9.15. The van der Waals surface area contributed by atoms with E-state index in [1.165, 1.54) is 3.57 Å². The lowest BCUT2D eigenvalue weighted by molar-refractivity contribution is -0.0478. The predicted molar refractivity (Wildman–Crippen MR) is 82.4 cm³/mol. The fourth-order valence-corrected chi connectivity index (χ4v) is 3.34. The molecule has 0 spiro atoms. The van der Waals surface area contributed by atoms with Gasteiger partial charge in [-0.05, 0) is 41.6 Å². The van der Waals surface area contributed by atoms with Crippen molar-refractivity contribution in [1.29, 1.82) is 0 Å². The van der Waals surface area contributed by atoms with Crippen LogP contribution in [0.2, 0.25) is 0 Å². The third-order valence-electron chi connectivity index (χ3n) is 3.90. The van der Waals surface area contributed by atoms with Crippen LogP contribution >= 0.6 is 22.6 Å². The van der Waals surface area contributed by atoms with Gasteiger partial charge in [-0.3, -0.25) is 4.90 Å². The molecule has 3 rings (SSSR count). The van der Waals surface area contributed by atoms with E-state index >= 15 is 0 Å².